The molecule has 0 aromatic carbocycles. The maximum Gasteiger partial charge on any atom is 0.229 e. The van der Waals surface area contributed by atoms with Crippen LogP contribution in [-0.4, -0.2) is 33.7 Å². The lowest BCUT2D eigenvalue weighted by atomic mass is 10.2. The van der Waals surface area contributed by atoms with Gasteiger partial charge in [0.15, 0.2) is 5.82 Å². The van der Waals surface area contributed by atoms with Crippen LogP contribution in [0, 0.1) is 0 Å². The van der Waals surface area contributed by atoms with E-state index in [1.165, 1.54) is 19.3 Å². The van der Waals surface area contributed by atoms with Crippen LogP contribution in [0.25, 0.3) is 0 Å². The summed E-state index contributed by atoms with van der Waals surface area (Å²) in [4.78, 5) is 11.7. The number of thiazole rings is 1. The van der Waals surface area contributed by atoms with Gasteiger partial charge < -0.3 is 9.26 Å². The highest BCUT2D eigenvalue weighted by molar-refractivity contribution is 7.09. The second-order valence-electron chi connectivity index (χ2n) is 6.06. The van der Waals surface area contributed by atoms with Crippen molar-refractivity contribution in [2.75, 3.05) is 13.7 Å². The number of nitrogens with zero attached hydrogens (tertiary/aromatic N) is 4. The van der Waals surface area contributed by atoms with Gasteiger partial charge in [0.1, 0.15) is 5.01 Å². The Kier molecular flexibility index (Phi) is 3.94. The van der Waals surface area contributed by atoms with Crippen LogP contribution >= 0.6 is 11.3 Å². The van der Waals surface area contributed by atoms with E-state index in [0.29, 0.717) is 12.5 Å². The third kappa shape index (κ3) is 2.93. The quantitative estimate of drug-likeness (QED) is 0.815. The first-order valence-corrected chi connectivity index (χ1v) is 8.71. The molecule has 4 rings (SSSR count). The fourth-order valence-corrected chi connectivity index (χ4v) is 3.76. The van der Waals surface area contributed by atoms with Gasteiger partial charge in [-0.3, -0.25) is 4.90 Å². The third-order valence-corrected chi connectivity index (χ3v) is 5.15. The Bertz CT molecular complexity index is 637. The van der Waals surface area contributed by atoms with Gasteiger partial charge in [0.05, 0.1) is 18.3 Å². The Morgan fingerprint density at radius 2 is 2.27 bits per heavy atom. The van der Waals surface area contributed by atoms with Gasteiger partial charge in [-0.05, 0) is 32.2 Å². The van der Waals surface area contributed by atoms with Crippen LogP contribution < -0.4 is 0 Å². The summed E-state index contributed by atoms with van der Waals surface area (Å²) < 4.78 is 10.6. The van der Waals surface area contributed by atoms with Crippen molar-refractivity contribution in [1.29, 1.82) is 0 Å². The van der Waals surface area contributed by atoms with E-state index in [0.717, 1.165) is 41.9 Å². The summed E-state index contributed by atoms with van der Waals surface area (Å²) >= 11 is 1.66. The highest BCUT2D eigenvalue weighted by Gasteiger charge is 2.34. The molecule has 1 saturated carbocycles. The van der Waals surface area contributed by atoms with Crippen molar-refractivity contribution >= 4 is 11.3 Å². The fraction of sp³-hybridized carbons (Fsp3) is 0.667. The molecule has 2 fully saturated rings. The Morgan fingerprint density at radius 3 is 3.09 bits per heavy atom. The van der Waals surface area contributed by atoms with Crippen molar-refractivity contribution in [3.8, 4) is 0 Å². The Labute approximate surface area is 133 Å². The molecule has 7 heteroatoms. The lowest BCUT2D eigenvalue weighted by molar-refractivity contribution is 0.184. The van der Waals surface area contributed by atoms with E-state index in [2.05, 4.69) is 25.4 Å². The molecular formula is C15H20N4O2S. The first-order chi connectivity index (χ1) is 10.8. The standard InChI is InChI=1S/C15H20N4O2S/c1-20-8-13-16-11(9-22-13)7-19-6-2-3-12(19)14-17-15(21-18-14)10-4-5-10/h9-10,12H,2-8H2,1H3/t12-/m0/s1. The molecule has 2 aromatic heterocycles. The molecule has 0 spiro atoms. The zero-order valence-electron chi connectivity index (χ0n) is 12.7. The van der Waals surface area contributed by atoms with Gasteiger partial charge in [0.25, 0.3) is 0 Å². The summed E-state index contributed by atoms with van der Waals surface area (Å²) in [6, 6.07) is 0.267. The Morgan fingerprint density at radius 1 is 1.36 bits per heavy atom. The van der Waals surface area contributed by atoms with Crippen LogP contribution in [0.1, 0.15) is 60.1 Å². The SMILES string of the molecule is COCc1nc(CN2CCC[C@H]2c2noc(C3CC3)n2)cs1. The molecule has 1 aliphatic heterocycles. The number of ether oxygens (including phenoxy) is 1. The number of likely N-dealkylation sites (tertiary alicyclic amines) is 1. The van der Waals surface area contributed by atoms with Gasteiger partial charge in [-0.1, -0.05) is 5.16 Å². The Hall–Kier alpha value is -1.31. The molecule has 118 valence electrons. The van der Waals surface area contributed by atoms with Crippen LogP contribution in [0.5, 0.6) is 0 Å². The summed E-state index contributed by atoms with van der Waals surface area (Å²) in [6.07, 6.45) is 4.65. The molecule has 0 amide bonds. The number of hydrogen-bond acceptors (Lipinski definition) is 7. The first-order valence-electron chi connectivity index (χ1n) is 7.83. The summed E-state index contributed by atoms with van der Waals surface area (Å²) in [5, 5.41) is 7.37. The van der Waals surface area contributed by atoms with Crippen molar-refractivity contribution in [3.63, 3.8) is 0 Å². The van der Waals surface area contributed by atoms with E-state index in [9.17, 15) is 0 Å². The topological polar surface area (TPSA) is 64.3 Å². The summed E-state index contributed by atoms with van der Waals surface area (Å²) in [6.45, 7) is 2.50. The largest absolute Gasteiger partial charge is 0.378 e. The molecule has 0 radical (unpaired) electrons. The van der Waals surface area contributed by atoms with E-state index in [4.69, 9.17) is 9.26 Å². The molecule has 2 aromatic rings. The average molecular weight is 320 g/mol. The van der Waals surface area contributed by atoms with Gasteiger partial charge in [-0.2, -0.15) is 4.98 Å². The van der Waals surface area contributed by atoms with Gasteiger partial charge in [-0.25, -0.2) is 4.98 Å². The van der Waals surface area contributed by atoms with Crippen molar-refractivity contribution in [3.05, 3.63) is 27.8 Å². The van der Waals surface area contributed by atoms with E-state index in [1.807, 2.05) is 0 Å². The fourth-order valence-electron chi connectivity index (χ4n) is 3.01. The third-order valence-electron chi connectivity index (χ3n) is 4.28. The van der Waals surface area contributed by atoms with Gasteiger partial charge in [0.2, 0.25) is 5.89 Å². The van der Waals surface area contributed by atoms with Crippen LogP contribution in [0.2, 0.25) is 0 Å². The van der Waals surface area contributed by atoms with E-state index in [-0.39, 0.29) is 6.04 Å². The maximum absolute atomic E-state index is 5.42. The Balaban J connectivity index is 1.45. The second-order valence-corrected chi connectivity index (χ2v) is 7.00. The predicted molar refractivity (Wildman–Crippen MR) is 81.5 cm³/mol. The highest BCUT2D eigenvalue weighted by atomic mass is 32.1. The minimum Gasteiger partial charge on any atom is -0.378 e. The van der Waals surface area contributed by atoms with Crippen LogP contribution in [-0.2, 0) is 17.9 Å². The molecule has 2 aliphatic rings. The van der Waals surface area contributed by atoms with E-state index >= 15 is 0 Å². The van der Waals surface area contributed by atoms with Crippen molar-refractivity contribution < 1.29 is 9.26 Å². The molecule has 0 unspecified atom stereocenters. The van der Waals surface area contributed by atoms with Crippen LogP contribution in [0.3, 0.4) is 0 Å². The number of rotatable bonds is 6. The van der Waals surface area contributed by atoms with Crippen LogP contribution in [0.15, 0.2) is 9.90 Å². The normalized spacial score (nSPS) is 22.5. The van der Waals surface area contributed by atoms with Gasteiger partial charge >= 0.3 is 0 Å². The zero-order chi connectivity index (χ0) is 14.9. The van der Waals surface area contributed by atoms with Gasteiger partial charge in [0, 0.05) is 25.0 Å². The summed E-state index contributed by atoms with van der Waals surface area (Å²) in [5.41, 5.74) is 1.11. The molecule has 6 nitrogen and oxygen atoms in total. The van der Waals surface area contributed by atoms with Gasteiger partial charge in [-0.15, -0.1) is 11.3 Å². The first kappa shape index (κ1) is 14.3. The van der Waals surface area contributed by atoms with Crippen molar-refractivity contribution in [2.45, 2.75) is 50.8 Å². The minimum atomic E-state index is 0.267. The number of methoxy groups -OCH3 is 1. The lowest BCUT2D eigenvalue weighted by Gasteiger charge is -2.20. The predicted octanol–water partition coefficient (Wildman–Crippen LogP) is 2.89. The zero-order valence-corrected chi connectivity index (χ0v) is 13.5. The second kappa shape index (κ2) is 6.06. The molecule has 22 heavy (non-hydrogen) atoms. The molecular weight excluding hydrogens is 300 g/mol. The minimum absolute atomic E-state index is 0.267. The van der Waals surface area contributed by atoms with Crippen molar-refractivity contribution in [2.24, 2.45) is 0 Å². The molecule has 1 atom stereocenters. The summed E-state index contributed by atoms with van der Waals surface area (Å²) in [7, 11) is 1.70. The lowest BCUT2D eigenvalue weighted by Crippen LogP contribution is -2.23. The molecule has 0 bridgehead atoms. The van der Waals surface area contributed by atoms with E-state index < -0.39 is 0 Å². The number of hydrogen-bond donors (Lipinski definition) is 0. The number of aromatic nitrogens is 3. The highest BCUT2D eigenvalue weighted by Crippen LogP contribution is 2.40. The molecule has 0 N–H and O–H groups in total. The van der Waals surface area contributed by atoms with Crippen LogP contribution in [0.4, 0.5) is 0 Å². The molecule has 1 saturated heterocycles. The smallest absolute Gasteiger partial charge is 0.229 e. The van der Waals surface area contributed by atoms with Crippen molar-refractivity contribution in [1.82, 2.24) is 20.0 Å². The molecule has 1 aliphatic carbocycles. The summed E-state index contributed by atoms with van der Waals surface area (Å²) in [5.74, 6) is 2.20. The monoisotopic (exact) mass is 320 g/mol. The average Bonchev–Trinajstić information content (AvgIpc) is 2.92. The maximum atomic E-state index is 5.42. The van der Waals surface area contributed by atoms with E-state index in [1.54, 1.807) is 18.4 Å². The molecule has 3 heterocycles.